The minimum absolute atomic E-state index is 0.0552. The van der Waals surface area contributed by atoms with Gasteiger partial charge in [0.05, 0.1) is 44.2 Å². The lowest BCUT2D eigenvalue weighted by molar-refractivity contribution is -0.203. The molecular weight excluding hydrogens is 1580 g/mol. The fraction of sp³-hybridized carbons (Fsp3) is 0.561. The van der Waals surface area contributed by atoms with Crippen molar-refractivity contribution in [1.82, 2.24) is 36.4 Å². The van der Waals surface area contributed by atoms with Gasteiger partial charge >= 0.3 is 54.0 Å². The maximum atomic E-state index is 15.7. The number of carboxylic acid groups (broad SMARTS) is 5. The Bertz CT molecular complexity index is 4390. The van der Waals surface area contributed by atoms with Crippen LogP contribution in [0.3, 0.4) is 0 Å². The fourth-order valence-corrected chi connectivity index (χ4v) is 21.0. The molecule has 3 unspecified atom stereocenters. The third kappa shape index (κ3) is 20.1. The molecule has 2 bridgehead atoms. The number of aliphatic hydroxyl groups is 3. The van der Waals surface area contributed by atoms with Crippen molar-refractivity contribution in [1.29, 1.82) is 0 Å². The summed E-state index contributed by atoms with van der Waals surface area (Å²) in [5.74, 6) is -16.1. The molecule has 36 heteroatoms. The Morgan fingerprint density at radius 2 is 1.44 bits per heavy atom. The third-order valence-electron chi connectivity index (χ3n) is 24.3. The van der Waals surface area contributed by atoms with E-state index in [2.05, 4.69) is 48.5 Å². The first-order valence-electron chi connectivity index (χ1n) is 39.3. The van der Waals surface area contributed by atoms with Gasteiger partial charge in [-0.15, -0.1) is 0 Å². The van der Waals surface area contributed by atoms with Crippen LogP contribution in [0.4, 0.5) is 10.5 Å². The standard InChI is InChI=1S/C81H104N8O24S2.CO2/c1-6-77(109)40-47-41-80(75(107)112-5,54-35-48-17-11-12-18-52(48)53(54)24-29-88(43-47)45-77)56-37-55-60(39-62(56)111-4)87(3)72-79(55)26-30-89-28-14-25-78(7-2,71(79)89)73(105)81(72,110)74(106)83-42-66(97)113-31-32-114-115-44-59(70(103)104)85-67(98)50(33-46-15-9-8-10-16-46)36-61(91)58(38-65(95)96)84-63(92)23-20-49(68(99)100)34-51(90)21-22-57(69(101)102)86-76(108)82-27-13-19-64(93)94;2-1-3/h8-12,14-18,25,37,39,47,49-50,57-59,71-73,105,109-110H,6-7,13,19-24,26-36,38,40-45H2,1-5H3,(H,83,106)(H,84,92)(H,85,98)(H,93,94)(H,95,96)(H,99,100)(H,101,102)(H,103,104)(H2,82,86,108);/t47?,49-,50-,57+,58+,59+,71+,72-,73-,77?,78-,79-,80-,81+;/m1./s1. The average molecular weight is 1680 g/mol. The number of urea groups is 1. The van der Waals surface area contributed by atoms with Gasteiger partial charge in [0.1, 0.15) is 48.3 Å². The van der Waals surface area contributed by atoms with E-state index in [0.29, 0.717) is 87.4 Å². The summed E-state index contributed by atoms with van der Waals surface area (Å²) in [6, 6.07) is 12.8. The largest absolute Gasteiger partial charge is 0.496 e. The predicted octanol–water partition coefficient (Wildman–Crippen LogP) is 3.22. The van der Waals surface area contributed by atoms with Crippen molar-refractivity contribution in [3.63, 3.8) is 0 Å². The number of likely N-dealkylation sites (N-methyl/N-ethyl adjacent to an activating group) is 1. The molecule has 3 aromatic carbocycles. The molecular formula is C82H104N8O26S2. The van der Waals surface area contributed by atoms with Crippen LogP contribution in [0.15, 0.2) is 84.5 Å². The maximum Gasteiger partial charge on any atom is 0.373 e. The summed E-state index contributed by atoms with van der Waals surface area (Å²) in [5, 5.41) is 99.3. The molecule has 7 aliphatic rings. The molecule has 2 aliphatic carbocycles. The third-order valence-corrected chi connectivity index (χ3v) is 26.6. The molecule has 34 nitrogen and oxygen atoms in total. The normalized spacial score (nSPS) is 25.5. The van der Waals surface area contributed by atoms with Gasteiger partial charge in [-0.2, -0.15) is 9.59 Å². The molecule has 5 amide bonds. The van der Waals surface area contributed by atoms with Crippen molar-refractivity contribution < 1.29 is 127 Å². The lowest BCUT2D eigenvalue weighted by Crippen LogP contribution is -2.81. The molecule has 1 saturated carbocycles. The monoisotopic (exact) mass is 1680 g/mol. The quantitative estimate of drug-likeness (QED) is 0.0168. The van der Waals surface area contributed by atoms with Crippen molar-refractivity contribution in [3.8, 4) is 5.75 Å². The van der Waals surface area contributed by atoms with Crippen LogP contribution in [-0.4, -0.2) is 267 Å². The van der Waals surface area contributed by atoms with E-state index < -0.39 is 204 Å². The molecule has 0 radical (unpaired) electrons. The van der Waals surface area contributed by atoms with Gasteiger partial charge in [0.2, 0.25) is 11.8 Å². The molecule has 118 heavy (non-hydrogen) atoms. The fourth-order valence-electron chi connectivity index (χ4n) is 19.0. The van der Waals surface area contributed by atoms with Gasteiger partial charge in [0, 0.05) is 123 Å². The number of methoxy groups -OCH3 is 2. The number of carboxylic acids is 5. The number of aliphatic carboxylic acids is 5. The Balaban J connectivity index is 0.00000521. The van der Waals surface area contributed by atoms with Crippen molar-refractivity contribution in [2.75, 3.05) is 90.1 Å². The summed E-state index contributed by atoms with van der Waals surface area (Å²) < 4.78 is 18.0. The van der Waals surface area contributed by atoms with Gasteiger partial charge in [-0.3, -0.25) is 57.7 Å². The van der Waals surface area contributed by atoms with Crippen LogP contribution in [0, 0.1) is 23.2 Å². The van der Waals surface area contributed by atoms with Crippen LogP contribution in [-0.2, 0) is 100 Å². The predicted molar refractivity (Wildman–Crippen MR) is 424 cm³/mol. The van der Waals surface area contributed by atoms with Crippen molar-refractivity contribution in [2.45, 2.75) is 181 Å². The summed E-state index contributed by atoms with van der Waals surface area (Å²) in [6.45, 7) is 5.60. The molecule has 13 N–H and O–H groups in total. The number of rotatable bonds is 40. The number of benzene rings is 3. The molecule has 0 aromatic heterocycles. The molecule has 640 valence electrons. The number of aliphatic hydroxyl groups excluding tert-OH is 1. The Kier molecular flexibility index (Phi) is 31.2. The zero-order valence-corrected chi connectivity index (χ0v) is 68.0. The van der Waals surface area contributed by atoms with Crippen molar-refractivity contribution in [2.24, 2.45) is 23.2 Å². The summed E-state index contributed by atoms with van der Waals surface area (Å²) in [4.78, 5) is 194. The van der Waals surface area contributed by atoms with Crippen LogP contribution >= 0.6 is 21.6 Å². The van der Waals surface area contributed by atoms with E-state index in [4.69, 9.17) is 28.9 Å². The zero-order chi connectivity index (χ0) is 86.2. The zero-order valence-electron chi connectivity index (χ0n) is 66.4. The molecule has 3 aromatic rings. The summed E-state index contributed by atoms with van der Waals surface area (Å²) in [5.41, 5.74) is -1.01. The number of piperidine rings is 1. The number of ketones is 2. The smallest absolute Gasteiger partial charge is 0.373 e. The number of hydrogen-bond acceptors (Lipinski definition) is 26. The van der Waals surface area contributed by atoms with E-state index in [1.807, 2.05) is 55.2 Å². The Morgan fingerprint density at radius 1 is 0.729 bits per heavy atom. The van der Waals surface area contributed by atoms with Crippen LogP contribution in [0.1, 0.15) is 138 Å². The minimum atomic E-state index is -2.63. The second kappa shape index (κ2) is 40.1. The number of nitrogens with zero attached hydrogens (tertiary/aromatic N) is 3. The van der Waals surface area contributed by atoms with Gasteiger partial charge in [-0.05, 0) is 123 Å². The van der Waals surface area contributed by atoms with Gasteiger partial charge in [0.25, 0.3) is 5.91 Å². The highest BCUT2D eigenvalue weighted by Crippen LogP contribution is 2.68. The first kappa shape index (κ1) is 91.8. The van der Waals surface area contributed by atoms with Gasteiger partial charge in [-0.25, -0.2) is 14.4 Å². The topological polar surface area (TPSA) is 515 Å². The molecule has 15 atom stereocenters. The van der Waals surface area contributed by atoms with E-state index in [-0.39, 0.29) is 68.8 Å². The number of carbonyl (C=O) groups excluding carboxylic acids is 10. The number of esters is 2. The molecule has 2 saturated heterocycles. The molecule has 10 rings (SSSR count). The number of carbonyl (C=O) groups is 13. The highest BCUT2D eigenvalue weighted by Gasteiger charge is 2.79. The van der Waals surface area contributed by atoms with E-state index in [0.717, 1.165) is 49.4 Å². The van der Waals surface area contributed by atoms with Gasteiger partial charge < -0.3 is 86.5 Å². The van der Waals surface area contributed by atoms with Gasteiger partial charge in [-0.1, -0.05) is 102 Å². The number of ether oxygens (including phenoxy) is 3. The minimum Gasteiger partial charge on any atom is -0.496 e. The SMILES string of the molecule is CCC1(O)CC2CN(CCC3=C(Cc4ccccc43)[C@@](C(=O)OC)(c3cc4c(cc3OC)N(C)[C@H]3[C@@](O)(C(=O)NCC(=O)OCCSSC[C@H](NC(=O)[C@@H](CC(=O)[C@H](CC(=O)O)NC(=O)CC[C@H](CC(=O)CC[C@H](NC(=O)NCCCC(=O)O)C(=O)O)C(=O)O)Cc5ccccc5)C(=O)O)[C@H](O)[C@]5(CC)C=CCN6CC[C@]43[C@@H]65)C2)C1.O=C=O. The Labute approximate surface area is 688 Å². The lowest BCUT2D eigenvalue weighted by atomic mass is 9.47. The van der Waals surface area contributed by atoms with E-state index in [1.54, 1.807) is 44.5 Å². The summed E-state index contributed by atoms with van der Waals surface area (Å²) in [7, 11) is 6.75. The van der Waals surface area contributed by atoms with E-state index in [1.165, 1.54) is 7.11 Å². The number of Topliss-reactive ketones (excluding diaryl/α,β-unsaturated/α-hetero) is 2. The Hall–Kier alpha value is -10.1. The molecule has 5 heterocycles. The average Bonchev–Trinajstić information content (AvgIpc) is 1.47. The van der Waals surface area contributed by atoms with Crippen LogP contribution in [0.25, 0.3) is 5.57 Å². The highest BCUT2D eigenvalue weighted by molar-refractivity contribution is 8.76. The maximum absolute atomic E-state index is 15.7. The number of hydrogen-bond donors (Lipinski definition) is 13. The summed E-state index contributed by atoms with van der Waals surface area (Å²) >= 11 is 0. The second-order valence-corrected chi connectivity index (χ2v) is 33.9. The first-order chi connectivity index (χ1) is 56.1. The number of anilines is 1. The lowest BCUT2D eigenvalue weighted by Gasteiger charge is -2.63. The van der Waals surface area contributed by atoms with Crippen LogP contribution < -0.4 is 36.2 Å². The van der Waals surface area contributed by atoms with Crippen LogP contribution in [0.2, 0.25) is 0 Å². The second-order valence-electron chi connectivity index (χ2n) is 31.3. The molecule has 3 fully saturated rings. The molecule has 1 spiro atoms. The van der Waals surface area contributed by atoms with E-state index >= 15 is 9.59 Å². The van der Waals surface area contributed by atoms with Gasteiger partial charge in [0.15, 0.2) is 11.4 Å². The highest BCUT2D eigenvalue weighted by atomic mass is 33.1. The van der Waals surface area contributed by atoms with Crippen LogP contribution in [0.5, 0.6) is 5.75 Å². The molecule has 5 aliphatic heterocycles. The Morgan fingerprint density at radius 3 is 2.10 bits per heavy atom. The number of nitrogens with one attached hydrogen (secondary N) is 5. The first-order valence-corrected chi connectivity index (χ1v) is 41.8. The number of amides is 5. The number of fused-ring (bicyclic) bond motifs is 5. The van der Waals surface area contributed by atoms with Crippen molar-refractivity contribution >= 4 is 116 Å². The van der Waals surface area contributed by atoms with Crippen molar-refractivity contribution in [3.05, 3.63) is 112 Å². The van der Waals surface area contributed by atoms with E-state index in [9.17, 15) is 88.5 Å². The summed E-state index contributed by atoms with van der Waals surface area (Å²) in [6.07, 6.45) is 0.481.